The third kappa shape index (κ3) is 2.70. The van der Waals surface area contributed by atoms with Crippen LogP contribution >= 0.6 is 12.6 Å². The van der Waals surface area contributed by atoms with Crippen LogP contribution in [0.25, 0.3) is 6.08 Å². The fourth-order valence-corrected chi connectivity index (χ4v) is 1.22. The van der Waals surface area contributed by atoms with Gasteiger partial charge in [0.1, 0.15) is 0 Å². The molecule has 0 fully saturated rings. The molecule has 1 atom stereocenters. The van der Waals surface area contributed by atoms with Crippen molar-refractivity contribution in [3.8, 4) is 0 Å². The van der Waals surface area contributed by atoms with Gasteiger partial charge in [0.15, 0.2) is 0 Å². The molecule has 0 saturated carbocycles. The molecule has 1 aromatic heterocycles. The third-order valence-electron chi connectivity index (χ3n) is 1.54. The molecule has 1 heterocycles. The largest absolute Gasteiger partial charge is 0.253 e. The Morgan fingerprint density at radius 3 is 3.00 bits per heavy atom. The fourth-order valence-electron chi connectivity index (χ4n) is 1.03. The summed E-state index contributed by atoms with van der Waals surface area (Å²) in [6, 6.07) is 5.95. The summed E-state index contributed by atoms with van der Waals surface area (Å²) in [5.74, 6) is 0. The van der Waals surface area contributed by atoms with Gasteiger partial charge in [-0.1, -0.05) is 19.6 Å². The summed E-state index contributed by atoms with van der Waals surface area (Å²) in [5, 5.41) is 0.359. The Balaban J connectivity index is 2.79. The quantitative estimate of drug-likeness (QED) is 0.704. The minimum Gasteiger partial charge on any atom is -0.253 e. The topological polar surface area (TPSA) is 12.9 Å². The molecular weight excluding hydrogens is 166 g/mol. The Bertz CT molecular complexity index is 268. The predicted octanol–water partition coefficient (Wildman–Crippen LogP) is 2.59. The molecule has 0 aliphatic carbocycles. The molecular formula is C10H13NS. The smallest absolute Gasteiger partial charge is 0.0627 e. The van der Waals surface area contributed by atoms with E-state index >= 15 is 0 Å². The highest BCUT2D eigenvalue weighted by Gasteiger charge is 1.98. The van der Waals surface area contributed by atoms with E-state index in [1.165, 1.54) is 0 Å². The Labute approximate surface area is 78.9 Å². The van der Waals surface area contributed by atoms with Crippen LogP contribution in [0.1, 0.15) is 18.3 Å². The third-order valence-corrected chi connectivity index (χ3v) is 1.72. The Morgan fingerprint density at radius 1 is 1.67 bits per heavy atom. The second-order valence-corrected chi connectivity index (χ2v) is 3.69. The van der Waals surface area contributed by atoms with E-state index in [1.807, 2.05) is 18.2 Å². The summed E-state index contributed by atoms with van der Waals surface area (Å²) in [7, 11) is 0. The van der Waals surface area contributed by atoms with Crippen LogP contribution in [0.4, 0.5) is 0 Å². The van der Waals surface area contributed by atoms with Crippen LogP contribution in [0.5, 0.6) is 0 Å². The van der Waals surface area contributed by atoms with Crippen molar-refractivity contribution < 1.29 is 0 Å². The molecule has 0 spiro atoms. The van der Waals surface area contributed by atoms with Crippen molar-refractivity contribution in [3.05, 3.63) is 36.2 Å². The Hall–Kier alpha value is -0.760. The molecule has 0 saturated heterocycles. The molecule has 12 heavy (non-hydrogen) atoms. The first-order valence-corrected chi connectivity index (χ1v) is 4.50. The van der Waals surface area contributed by atoms with Crippen LogP contribution in [0.15, 0.2) is 24.8 Å². The lowest BCUT2D eigenvalue weighted by Crippen LogP contribution is -2.00. The number of hydrogen-bond donors (Lipinski definition) is 1. The summed E-state index contributed by atoms with van der Waals surface area (Å²) in [4.78, 5) is 4.36. The lowest BCUT2D eigenvalue weighted by Gasteiger charge is -2.03. The molecule has 2 heteroatoms. The molecule has 1 unspecified atom stereocenters. The zero-order valence-electron chi connectivity index (χ0n) is 7.20. The fraction of sp³-hybridized carbons (Fsp3) is 0.300. The van der Waals surface area contributed by atoms with E-state index in [1.54, 1.807) is 6.08 Å². The van der Waals surface area contributed by atoms with Gasteiger partial charge in [0.25, 0.3) is 0 Å². The molecule has 1 nitrogen and oxygen atoms in total. The maximum atomic E-state index is 4.36. The lowest BCUT2D eigenvalue weighted by atomic mass is 10.2. The van der Waals surface area contributed by atoms with Crippen molar-refractivity contribution >= 4 is 18.7 Å². The standard InChI is InChI=1S/C10H13NS/c1-3-9-5-4-6-10(11-9)7-8(2)12/h3-6,8,12H,1,7H2,2H3. The highest BCUT2D eigenvalue weighted by atomic mass is 32.1. The van der Waals surface area contributed by atoms with E-state index in [4.69, 9.17) is 0 Å². The number of rotatable bonds is 3. The van der Waals surface area contributed by atoms with Crippen molar-refractivity contribution in [1.82, 2.24) is 4.98 Å². The molecule has 0 aliphatic heterocycles. The molecule has 1 aromatic rings. The average Bonchev–Trinajstić information content (AvgIpc) is 2.03. The van der Waals surface area contributed by atoms with Gasteiger partial charge in [-0.25, -0.2) is 0 Å². The zero-order valence-corrected chi connectivity index (χ0v) is 8.09. The molecule has 0 aliphatic rings. The van der Waals surface area contributed by atoms with Crippen molar-refractivity contribution in [1.29, 1.82) is 0 Å². The van der Waals surface area contributed by atoms with E-state index in [-0.39, 0.29) is 0 Å². The molecule has 0 N–H and O–H groups in total. The summed E-state index contributed by atoms with van der Waals surface area (Å²) >= 11 is 4.31. The number of hydrogen-bond acceptors (Lipinski definition) is 2. The molecule has 0 radical (unpaired) electrons. The van der Waals surface area contributed by atoms with Gasteiger partial charge in [-0.05, 0) is 18.2 Å². The van der Waals surface area contributed by atoms with Crippen molar-refractivity contribution in [2.45, 2.75) is 18.6 Å². The van der Waals surface area contributed by atoms with Gasteiger partial charge in [-0.15, -0.1) is 0 Å². The Kier molecular flexibility index (Phi) is 3.35. The van der Waals surface area contributed by atoms with E-state index in [2.05, 4.69) is 31.1 Å². The predicted molar refractivity (Wildman–Crippen MR) is 56.5 cm³/mol. The minimum absolute atomic E-state index is 0.359. The summed E-state index contributed by atoms with van der Waals surface area (Å²) < 4.78 is 0. The van der Waals surface area contributed by atoms with Crippen LogP contribution in [-0.4, -0.2) is 10.2 Å². The first kappa shape index (κ1) is 9.33. The summed E-state index contributed by atoms with van der Waals surface area (Å²) in [6.07, 6.45) is 2.66. The second kappa shape index (κ2) is 4.31. The maximum Gasteiger partial charge on any atom is 0.0627 e. The van der Waals surface area contributed by atoms with Gasteiger partial charge in [0.2, 0.25) is 0 Å². The Morgan fingerprint density at radius 2 is 2.42 bits per heavy atom. The van der Waals surface area contributed by atoms with Crippen molar-refractivity contribution in [3.63, 3.8) is 0 Å². The van der Waals surface area contributed by atoms with Crippen LogP contribution in [-0.2, 0) is 6.42 Å². The number of aromatic nitrogens is 1. The molecule has 0 amide bonds. The number of pyridine rings is 1. The van der Waals surface area contributed by atoms with Crippen LogP contribution in [0, 0.1) is 0 Å². The highest BCUT2D eigenvalue weighted by molar-refractivity contribution is 7.80. The zero-order chi connectivity index (χ0) is 8.97. The monoisotopic (exact) mass is 179 g/mol. The summed E-state index contributed by atoms with van der Waals surface area (Å²) in [5.41, 5.74) is 2.01. The van der Waals surface area contributed by atoms with Crippen LogP contribution in [0.2, 0.25) is 0 Å². The number of nitrogens with zero attached hydrogens (tertiary/aromatic N) is 1. The molecule has 0 bridgehead atoms. The normalized spacial score (nSPS) is 12.5. The van der Waals surface area contributed by atoms with E-state index < -0.39 is 0 Å². The minimum atomic E-state index is 0.359. The van der Waals surface area contributed by atoms with Crippen molar-refractivity contribution in [2.24, 2.45) is 0 Å². The van der Waals surface area contributed by atoms with E-state index in [0.717, 1.165) is 17.8 Å². The van der Waals surface area contributed by atoms with Crippen LogP contribution in [0.3, 0.4) is 0 Å². The first-order chi connectivity index (χ1) is 5.72. The molecule has 1 rings (SSSR count). The lowest BCUT2D eigenvalue weighted by molar-refractivity contribution is 0.904. The van der Waals surface area contributed by atoms with Gasteiger partial charge in [0.05, 0.1) is 5.69 Å². The van der Waals surface area contributed by atoms with Gasteiger partial charge in [0, 0.05) is 17.4 Å². The van der Waals surface area contributed by atoms with Gasteiger partial charge < -0.3 is 0 Å². The molecule has 64 valence electrons. The maximum absolute atomic E-state index is 4.36. The summed E-state index contributed by atoms with van der Waals surface area (Å²) in [6.45, 7) is 5.73. The highest BCUT2D eigenvalue weighted by Crippen LogP contribution is 2.06. The molecule has 0 aromatic carbocycles. The van der Waals surface area contributed by atoms with Crippen LogP contribution < -0.4 is 0 Å². The first-order valence-electron chi connectivity index (χ1n) is 3.99. The average molecular weight is 179 g/mol. The van der Waals surface area contributed by atoms with E-state index in [0.29, 0.717) is 5.25 Å². The van der Waals surface area contributed by atoms with Crippen molar-refractivity contribution in [2.75, 3.05) is 0 Å². The number of thiol groups is 1. The second-order valence-electron chi connectivity index (χ2n) is 2.81. The van der Waals surface area contributed by atoms with Gasteiger partial charge in [-0.3, -0.25) is 4.98 Å². The van der Waals surface area contributed by atoms with E-state index in [9.17, 15) is 0 Å². The SMILES string of the molecule is C=Cc1cccc(CC(C)S)n1. The van der Waals surface area contributed by atoms with Gasteiger partial charge in [-0.2, -0.15) is 12.6 Å². The van der Waals surface area contributed by atoms with Gasteiger partial charge >= 0.3 is 0 Å².